The molecule has 0 radical (unpaired) electrons. The fourth-order valence-electron chi connectivity index (χ4n) is 15.6. The summed E-state index contributed by atoms with van der Waals surface area (Å²) in [5.74, 6) is -5.64. The number of carboxylic acid groups (broad SMARTS) is 1. The number of ketones is 1. The van der Waals surface area contributed by atoms with E-state index in [2.05, 4.69) is 79.3 Å². The number of nitrogens with two attached hydrogens (primary N) is 1. The van der Waals surface area contributed by atoms with E-state index in [0.717, 1.165) is 52.9 Å². The van der Waals surface area contributed by atoms with Crippen LogP contribution in [0.15, 0.2) is 108 Å². The SMILES string of the molecule is CC1=NNC(c2ccc(CC(=O)NCCCC(C)(C)O)cc2)=C2CCC(OC(=O)NCCCC[C@H](NC(=O)CCC(=O)NCCOCCOCCCC(=O)CCC(=O)NCCOCCOCCNC(=O)C3(NC(=O)[C@H](CCCC(=O)O)NC(=O)[C@H](CCCCNC(=O)CCc4cccnc4)NC(=O)Cc4ccc(NC(=O)Nc5ccccc5C)cc4)CCCCC3)C(N)=O)CCCC12. The highest BCUT2D eigenvalue weighted by Gasteiger charge is 2.43. The Kier molecular flexibility index (Phi) is 49.1. The van der Waals surface area contributed by atoms with E-state index in [-0.39, 0.29) is 191 Å². The molecule has 5 atom stereocenters. The van der Waals surface area contributed by atoms with Gasteiger partial charge >= 0.3 is 18.1 Å². The first-order chi connectivity index (χ1) is 64.0. The van der Waals surface area contributed by atoms with Crippen molar-refractivity contribution in [3.05, 3.63) is 131 Å². The minimum absolute atomic E-state index is 0.000128. The lowest BCUT2D eigenvalue weighted by atomic mass is 9.80. The molecule has 3 aromatic carbocycles. The van der Waals surface area contributed by atoms with Gasteiger partial charge in [0.15, 0.2) is 0 Å². The molecule has 3 aliphatic rings. The number of urea groups is 1. The number of rotatable bonds is 62. The minimum Gasteiger partial charge on any atom is -0.481 e. The second kappa shape index (κ2) is 60.4. The second-order valence-corrected chi connectivity index (χ2v) is 34.5. The number of anilines is 2. The first-order valence-electron chi connectivity index (χ1n) is 46.8. The van der Waals surface area contributed by atoms with Crippen molar-refractivity contribution in [3.63, 3.8) is 0 Å². The van der Waals surface area contributed by atoms with Gasteiger partial charge in [-0.25, -0.2) is 9.59 Å². The molecule has 0 saturated heterocycles. The number of primary amides is 1. The number of pyridine rings is 1. The van der Waals surface area contributed by atoms with Gasteiger partial charge in [0.1, 0.15) is 35.6 Å². The molecule has 0 bridgehead atoms. The molecular formula is C96H140N16O21. The Labute approximate surface area is 779 Å². The van der Waals surface area contributed by atoms with Crippen LogP contribution in [0.1, 0.15) is 228 Å². The van der Waals surface area contributed by atoms with Crippen LogP contribution in [0.3, 0.4) is 0 Å². The number of alkyl carbamates (subject to hydrolysis) is 1. The number of benzene rings is 3. The standard InChI is InChI=1S/C96H140N16O21/c1-66-19-6-7-24-77(66)109-93(126)105-72-36-31-69(32-37-72)64-86(119)107-79(26-9-12-49-99-81(114)41-33-70-20-16-48-98-65-70)90(123)108-80(27-15-28-87(120)121)91(124)110-96(46-10-5-11-47-96)92(125)103-54-58-132-62-61-131-56-52-101-82(115)42-38-73(113)21-17-55-129-59-60-130-57-53-102-83(116)43-44-84(117)106-78(89(97)122)25-8-13-50-104-94(127)133-74-22-14-23-75-67(2)111-112-88(76(75)40-39-74)71-34-29-68(30-35-71)63-85(118)100-51-18-45-95(3,4)128/h6-7,16,19-20,24,29-32,34-37,48,65,74-75,78-80,112,128H,5,8-15,17-18,21-23,25-28,33,38-47,49-64H2,1-4H3,(H2,97,122)(H,99,114)(H,100,118)(H,101,115)(H,102,116)(H,103,125)(H,104,127)(H,106,117)(H,107,119)(H,108,123)(H,110,124)(H,120,121)(H2,105,109,126)/t74?,75?,78-,79-,80-/m0/s1. The van der Waals surface area contributed by atoms with Crippen LogP contribution in [0.25, 0.3) is 5.70 Å². The normalized spacial score (nSPS) is 15.3. The van der Waals surface area contributed by atoms with E-state index < -0.39 is 88.7 Å². The quantitative estimate of drug-likeness (QED) is 0.0193. The van der Waals surface area contributed by atoms with Gasteiger partial charge < -0.3 is 103 Å². The van der Waals surface area contributed by atoms with Crippen LogP contribution >= 0.6 is 0 Å². The molecule has 2 saturated carbocycles. The van der Waals surface area contributed by atoms with E-state index >= 15 is 0 Å². The summed E-state index contributed by atoms with van der Waals surface area (Å²) in [5, 5.41) is 57.8. The molecule has 7 rings (SSSR count). The molecule has 13 amide bonds. The summed E-state index contributed by atoms with van der Waals surface area (Å²) in [6.45, 7) is 10.4. The molecule has 37 nitrogen and oxygen atoms in total. The predicted octanol–water partition coefficient (Wildman–Crippen LogP) is 7.28. The molecule has 133 heavy (non-hydrogen) atoms. The summed E-state index contributed by atoms with van der Waals surface area (Å²) in [6.07, 6.45) is 13.0. The number of aliphatic hydroxyl groups is 1. The highest BCUT2D eigenvalue weighted by Crippen LogP contribution is 2.37. The highest BCUT2D eigenvalue weighted by molar-refractivity contribution is 6.01. The number of ether oxygens (including phenoxy) is 5. The fraction of sp³-hybridized carbons (Fsp3) is 0.583. The number of amides is 13. The number of aliphatic carboxylic acids is 1. The van der Waals surface area contributed by atoms with Gasteiger partial charge in [-0.05, 0) is 207 Å². The zero-order valence-electron chi connectivity index (χ0n) is 77.6. The van der Waals surface area contributed by atoms with Crippen LogP contribution in [0.2, 0.25) is 0 Å². The van der Waals surface area contributed by atoms with Crippen molar-refractivity contribution in [2.24, 2.45) is 16.8 Å². The lowest BCUT2D eigenvalue weighted by Gasteiger charge is -2.38. The number of para-hydroxylation sites is 1. The summed E-state index contributed by atoms with van der Waals surface area (Å²) in [4.78, 5) is 186. The Morgan fingerprint density at radius 1 is 0.519 bits per heavy atom. The number of Topliss-reactive ketones (excluding diaryl/α,β-unsaturated/α-hetero) is 1. The first kappa shape index (κ1) is 108. The van der Waals surface area contributed by atoms with Crippen molar-refractivity contribution in [3.8, 4) is 0 Å². The topological polar surface area (TPSA) is 533 Å². The van der Waals surface area contributed by atoms with Gasteiger partial charge in [0, 0.05) is 126 Å². The summed E-state index contributed by atoms with van der Waals surface area (Å²) < 4.78 is 28.3. The van der Waals surface area contributed by atoms with Gasteiger partial charge in [-0.3, -0.25) is 67.9 Å². The number of nitrogens with one attached hydrogen (secondary N) is 13. The number of unbranched alkanes of at least 4 members (excludes halogenated alkanes) is 2. The lowest BCUT2D eigenvalue weighted by molar-refractivity contribution is -0.138. The van der Waals surface area contributed by atoms with E-state index in [1.165, 1.54) is 5.57 Å². The summed E-state index contributed by atoms with van der Waals surface area (Å²) in [7, 11) is 0. The number of aryl methyl sites for hydroxylation is 2. The van der Waals surface area contributed by atoms with Crippen molar-refractivity contribution in [1.29, 1.82) is 0 Å². The molecule has 2 unspecified atom stereocenters. The molecular weight excluding hydrogens is 1710 g/mol. The molecule has 1 aliphatic heterocycles. The average Bonchev–Trinajstić information content (AvgIpc) is 0.792. The molecule has 17 N–H and O–H groups in total. The molecule has 1 aromatic heterocycles. The fourth-order valence-corrected chi connectivity index (χ4v) is 15.6. The first-order valence-corrected chi connectivity index (χ1v) is 46.8. The largest absolute Gasteiger partial charge is 0.481 e. The third-order valence-corrected chi connectivity index (χ3v) is 23.0. The van der Waals surface area contributed by atoms with Gasteiger partial charge in [-0.1, -0.05) is 79.9 Å². The minimum atomic E-state index is -1.37. The van der Waals surface area contributed by atoms with Crippen LogP contribution in [-0.4, -0.2) is 231 Å². The van der Waals surface area contributed by atoms with Crippen LogP contribution in [0.4, 0.5) is 21.0 Å². The smallest absolute Gasteiger partial charge is 0.407 e. The number of fused-ring (bicyclic) bond motifs is 1. The van der Waals surface area contributed by atoms with Gasteiger partial charge in [0.25, 0.3) is 0 Å². The van der Waals surface area contributed by atoms with Gasteiger partial charge in [0.2, 0.25) is 59.1 Å². The van der Waals surface area contributed by atoms with Crippen molar-refractivity contribution < 1.29 is 101 Å². The number of carboxylic acids is 1. The van der Waals surface area contributed by atoms with E-state index in [9.17, 15) is 77.3 Å². The maximum Gasteiger partial charge on any atom is 0.407 e. The van der Waals surface area contributed by atoms with E-state index in [0.29, 0.717) is 133 Å². The number of carbonyl (C=O) groups is 14. The second-order valence-electron chi connectivity index (χ2n) is 34.5. The zero-order chi connectivity index (χ0) is 96.0. The van der Waals surface area contributed by atoms with Crippen molar-refractivity contribution in [1.82, 2.24) is 63.6 Å². The Balaban J connectivity index is 0.690. The highest BCUT2D eigenvalue weighted by atomic mass is 16.6. The number of nitrogens with zero attached hydrogens (tertiary/aromatic N) is 2. The maximum atomic E-state index is 14.5. The van der Waals surface area contributed by atoms with Crippen LogP contribution in [0, 0.1) is 12.8 Å². The summed E-state index contributed by atoms with van der Waals surface area (Å²) in [5.41, 5.74) is 15.1. The Hall–Kier alpha value is -11.8. The van der Waals surface area contributed by atoms with E-state index in [1.54, 1.807) is 62.6 Å². The molecule has 37 heteroatoms. The summed E-state index contributed by atoms with van der Waals surface area (Å²) >= 11 is 0. The Bertz CT molecular complexity index is 4450. The average molecular weight is 1850 g/mol. The molecule has 2 fully saturated rings. The Morgan fingerprint density at radius 3 is 1.75 bits per heavy atom. The monoisotopic (exact) mass is 1850 g/mol. The third-order valence-electron chi connectivity index (χ3n) is 23.0. The molecule has 2 aliphatic carbocycles. The van der Waals surface area contributed by atoms with Crippen molar-refractivity contribution in [2.45, 2.75) is 262 Å². The number of hydrazone groups is 1. The van der Waals surface area contributed by atoms with Crippen LogP contribution in [-0.2, 0) is 100 Å². The van der Waals surface area contributed by atoms with E-state index in [4.69, 9.17) is 29.4 Å². The zero-order valence-corrected chi connectivity index (χ0v) is 77.6. The van der Waals surface area contributed by atoms with Crippen LogP contribution < -0.4 is 75.0 Å². The maximum absolute atomic E-state index is 14.5. The molecule has 2 heterocycles. The van der Waals surface area contributed by atoms with Crippen LogP contribution in [0.5, 0.6) is 0 Å². The van der Waals surface area contributed by atoms with Gasteiger partial charge in [-0.15, -0.1) is 0 Å². The summed E-state index contributed by atoms with van der Waals surface area (Å²) in [6, 6.07) is 21.6. The molecule has 0 spiro atoms. The Morgan fingerprint density at radius 2 is 1.10 bits per heavy atom. The number of hydrogen-bond acceptors (Lipinski definition) is 23. The number of allylic oxidation sites excluding steroid dienone is 1. The third kappa shape index (κ3) is 44.1. The number of hydrogen-bond donors (Lipinski definition) is 16. The van der Waals surface area contributed by atoms with Crippen molar-refractivity contribution in [2.75, 3.05) is 103 Å². The van der Waals surface area contributed by atoms with Gasteiger partial charge in [-0.2, -0.15) is 5.10 Å². The van der Waals surface area contributed by atoms with Gasteiger partial charge in [0.05, 0.1) is 70.4 Å². The van der Waals surface area contributed by atoms with E-state index in [1.807, 2.05) is 62.4 Å². The number of carbonyl (C=O) groups excluding carboxylic acids is 13. The van der Waals surface area contributed by atoms with Crippen molar-refractivity contribution >= 4 is 106 Å². The lowest BCUT2D eigenvalue weighted by Crippen LogP contribution is -2.63. The molecule has 4 aromatic rings. The number of aromatic nitrogens is 1. The molecule has 730 valence electrons. The predicted molar refractivity (Wildman–Crippen MR) is 499 cm³/mol.